The van der Waals surface area contributed by atoms with E-state index in [9.17, 15) is 14.4 Å². The first kappa shape index (κ1) is 14.4. The number of hydrogen-bond donors (Lipinski definition) is 2. The molecule has 116 valence electrons. The summed E-state index contributed by atoms with van der Waals surface area (Å²) in [5.41, 5.74) is 1.19. The van der Waals surface area contributed by atoms with Gasteiger partial charge in [-0.2, -0.15) is 0 Å². The third-order valence-electron chi connectivity index (χ3n) is 3.85. The van der Waals surface area contributed by atoms with Crippen LogP contribution < -0.4 is 20.3 Å². The third kappa shape index (κ3) is 2.74. The molecule has 1 unspecified atom stereocenters. The van der Waals surface area contributed by atoms with Gasteiger partial charge in [-0.15, -0.1) is 0 Å². The highest BCUT2D eigenvalue weighted by Crippen LogP contribution is 2.33. The zero-order chi connectivity index (χ0) is 15.7. The van der Waals surface area contributed by atoms with Crippen molar-refractivity contribution < 1.29 is 19.1 Å². The molecule has 3 rings (SSSR count). The number of benzene rings is 1. The molecule has 1 aromatic rings. The molecule has 1 saturated heterocycles. The molecule has 0 aliphatic carbocycles. The average Bonchev–Trinajstić information content (AvgIpc) is 2.88. The van der Waals surface area contributed by atoms with Crippen LogP contribution in [-0.2, 0) is 14.4 Å². The Morgan fingerprint density at radius 2 is 2.18 bits per heavy atom. The van der Waals surface area contributed by atoms with E-state index < -0.39 is 6.04 Å². The van der Waals surface area contributed by atoms with E-state index in [1.807, 2.05) is 0 Å². The second-order valence-corrected chi connectivity index (χ2v) is 5.38. The molecule has 2 N–H and O–H groups in total. The third-order valence-corrected chi connectivity index (χ3v) is 3.85. The van der Waals surface area contributed by atoms with Crippen molar-refractivity contribution >= 4 is 29.1 Å². The van der Waals surface area contributed by atoms with Crippen LogP contribution in [0.15, 0.2) is 18.2 Å². The van der Waals surface area contributed by atoms with E-state index >= 15 is 0 Å². The SMILES string of the molecule is CN1C(=O)CCOc2ccc(NC(=O)C3CCC(=O)N3)cc21. The Bertz CT molecular complexity index is 644. The summed E-state index contributed by atoms with van der Waals surface area (Å²) >= 11 is 0. The van der Waals surface area contributed by atoms with E-state index in [1.54, 1.807) is 25.2 Å². The van der Waals surface area contributed by atoms with Gasteiger partial charge >= 0.3 is 0 Å². The molecule has 7 heteroatoms. The summed E-state index contributed by atoms with van der Waals surface area (Å²) in [6, 6.07) is 4.65. The Labute approximate surface area is 127 Å². The van der Waals surface area contributed by atoms with Gasteiger partial charge < -0.3 is 20.3 Å². The van der Waals surface area contributed by atoms with Crippen LogP contribution in [0.25, 0.3) is 0 Å². The fraction of sp³-hybridized carbons (Fsp3) is 0.400. The summed E-state index contributed by atoms with van der Waals surface area (Å²) in [6.45, 7) is 0.343. The lowest BCUT2D eigenvalue weighted by Crippen LogP contribution is -2.37. The highest BCUT2D eigenvalue weighted by Gasteiger charge is 2.27. The molecule has 2 aliphatic rings. The van der Waals surface area contributed by atoms with Crippen LogP contribution in [-0.4, -0.2) is 37.4 Å². The van der Waals surface area contributed by atoms with Crippen LogP contribution in [0.1, 0.15) is 19.3 Å². The molecular weight excluding hydrogens is 286 g/mol. The van der Waals surface area contributed by atoms with Gasteiger partial charge in [0.1, 0.15) is 11.8 Å². The van der Waals surface area contributed by atoms with Crippen LogP contribution in [0.5, 0.6) is 5.75 Å². The fourth-order valence-corrected chi connectivity index (χ4v) is 2.57. The first-order valence-electron chi connectivity index (χ1n) is 7.18. The van der Waals surface area contributed by atoms with Crippen molar-refractivity contribution in [1.29, 1.82) is 0 Å². The van der Waals surface area contributed by atoms with Crippen molar-refractivity contribution in [2.45, 2.75) is 25.3 Å². The van der Waals surface area contributed by atoms with Crippen LogP contribution >= 0.6 is 0 Å². The Morgan fingerprint density at radius 3 is 2.91 bits per heavy atom. The van der Waals surface area contributed by atoms with Crippen molar-refractivity contribution in [2.24, 2.45) is 0 Å². The van der Waals surface area contributed by atoms with E-state index in [2.05, 4.69) is 10.6 Å². The number of nitrogens with zero attached hydrogens (tertiary/aromatic N) is 1. The molecular formula is C15H17N3O4. The summed E-state index contributed by atoms with van der Waals surface area (Å²) in [5, 5.41) is 5.38. The maximum Gasteiger partial charge on any atom is 0.246 e. The molecule has 0 spiro atoms. The monoisotopic (exact) mass is 303 g/mol. The molecule has 0 aromatic heterocycles. The van der Waals surface area contributed by atoms with Crippen LogP contribution in [0.3, 0.4) is 0 Å². The largest absolute Gasteiger partial charge is 0.491 e. The molecule has 0 radical (unpaired) electrons. The van der Waals surface area contributed by atoms with E-state index in [4.69, 9.17) is 4.74 Å². The topological polar surface area (TPSA) is 87.7 Å². The maximum absolute atomic E-state index is 12.1. The highest BCUT2D eigenvalue weighted by molar-refractivity contribution is 6.00. The Balaban J connectivity index is 1.78. The molecule has 1 fully saturated rings. The van der Waals surface area contributed by atoms with E-state index in [0.29, 0.717) is 43.0 Å². The smallest absolute Gasteiger partial charge is 0.246 e. The van der Waals surface area contributed by atoms with E-state index in [-0.39, 0.29) is 17.7 Å². The van der Waals surface area contributed by atoms with Gasteiger partial charge in [0.05, 0.1) is 18.7 Å². The van der Waals surface area contributed by atoms with Crippen LogP contribution in [0, 0.1) is 0 Å². The lowest BCUT2D eigenvalue weighted by Gasteiger charge is -2.18. The Kier molecular flexibility index (Phi) is 3.70. The van der Waals surface area contributed by atoms with Gasteiger partial charge in [-0.3, -0.25) is 14.4 Å². The van der Waals surface area contributed by atoms with E-state index in [1.165, 1.54) is 4.90 Å². The van der Waals surface area contributed by atoms with Gasteiger partial charge in [-0.05, 0) is 24.6 Å². The van der Waals surface area contributed by atoms with Gasteiger partial charge in [0.2, 0.25) is 17.7 Å². The standard InChI is InChI=1S/C15H17N3O4/c1-18-11-8-9(2-4-12(11)22-7-6-14(18)20)16-15(21)10-3-5-13(19)17-10/h2,4,8,10H,3,5-7H2,1H3,(H,16,21)(H,17,19). The zero-order valence-electron chi connectivity index (χ0n) is 12.2. The lowest BCUT2D eigenvalue weighted by atomic mass is 10.2. The predicted molar refractivity (Wildman–Crippen MR) is 79.8 cm³/mol. The number of carbonyl (C=O) groups is 3. The normalized spacial score (nSPS) is 20.8. The average molecular weight is 303 g/mol. The number of ether oxygens (including phenoxy) is 1. The summed E-state index contributed by atoms with van der Waals surface area (Å²) in [7, 11) is 1.68. The minimum atomic E-state index is -0.498. The fourth-order valence-electron chi connectivity index (χ4n) is 2.57. The number of anilines is 2. The molecule has 1 aromatic carbocycles. The molecule has 22 heavy (non-hydrogen) atoms. The summed E-state index contributed by atoms with van der Waals surface area (Å²) in [6.07, 6.45) is 1.19. The predicted octanol–water partition coefficient (Wildman–Crippen LogP) is 0.649. The quantitative estimate of drug-likeness (QED) is 0.839. The Morgan fingerprint density at radius 1 is 1.36 bits per heavy atom. The number of amides is 3. The Hall–Kier alpha value is -2.57. The highest BCUT2D eigenvalue weighted by atomic mass is 16.5. The molecule has 2 aliphatic heterocycles. The number of hydrogen-bond acceptors (Lipinski definition) is 4. The van der Waals surface area contributed by atoms with Gasteiger partial charge in [-0.1, -0.05) is 0 Å². The number of nitrogens with one attached hydrogen (secondary N) is 2. The van der Waals surface area contributed by atoms with Crippen molar-refractivity contribution in [1.82, 2.24) is 5.32 Å². The first-order chi connectivity index (χ1) is 10.5. The van der Waals surface area contributed by atoms with Crippen LogP contribution in [0.4, 0.5) is 11.4 Å². The van der Waals surface area contributed by atoms with Crippen LogP contribution in [0.2, 0.25) is 0 Å². The number of rotatable bonds is 2. The molecule has 7 nitrogen and oxygen atoms in total. The minimum absolute atomic E-state index is 0.0368. The second kappa shape index (κ2) is 5.67. The van der Waals surface area contributed by atoms with Gasteiger partial charge in [0, 0.05) is 19.2 Å². The van der Waals surface area contributed by atoms with Crippen molar-refractivity contribution in [3.05, 3.63) is 18.2 Å². The van der Waals surface area contributed by atoms with Gasteiger partial charge in [0.25, 0.3) is 0 Å². The minimum Gasteiger partial charge on any atom is -0.491 e. The maximum atomic E-state index is 12.1. The molecule has 1 atom stereocenters. The number of fused-ring (bicyclic) bond motifs is 1. The second-order valence-electron chi connectivity index (χ2n) is 5.38. The van der Waals surface area contributed by atoms with Gasteiger partial charge in [0.15, 0.2) is 0 Å². The molecule has 2 heterocycles. The van der Waals surface area contributed by atoms with Crippen molar-refractivity contribution in [2.75, 3.05) is 23.9 Å². The lowest BCUT2D eigenvalue weighted by molar-refractivity contribution is -0.122. The number of carbonyl (C=O) groups excluding carboxylic acids is 3. The molecule has 3 amide bonds. The summed E-state index contributed by atoms with van der Waals surface area (Å²) < 4.78 is 5.53. The zero-order valence-corrected chi connectivity index (χ0v) is 12.2. The first-order valence-corrected chi connectivity index (χ1v) is 7.18. The molecule has 0 saturated carbocycles. The summed E-state index contributed by atoms with van der Waals surface area (Å²) in [4.78, 5) is 36.7. The van der Waals surface area contributed by atoms with E-state index in [0.717, 1.165) is 0 Å². The van der Waals surface area contributed by atoms with Crippen molar-refractivity contribution in [3.8, 4) is 5.75 Å². The summed E-state index contributed by atoms with van der Waals surface area (Å²) in [5.74, 6) is 0.209. The van der Waals surface area contributed by atoms with Gasteiger partial charge in [-0.25, -0.2) is 0 Å². The van der Waals surface area contributed by atoms with Crippen molar-refractivity contribution in [3.63, 3.8) is 0 Å². The molecule has 0 bridgehead atoms.